The topological polar surface area (TPSA) is 86.7 Å². The Morgan fingerprint density at radius 3 is 2.70 bits per heavy atom. The van der Waals surface area contributed by atoms with E-state index in [0.29, 0.717) is 16.3 Å². The second-order valence-electron chi connectivity index (χ2n) is 4.62. The molecule has 23 heavy (non-hydrogen) atoms. The van der Waals surface area contributed by atoms with E-state index in [1.807, 2.05) is 0 Å². The maximum absolute atomic E-state index is 12.4. The Bertz CT molecular complexity index is 838. The molecule has 0 radical (unpaired) electrons. The molecule has 0 atom stereocenters. The number of hydrogen-bond acceptors (Lipinski definition) is 5. The number of carboxylic acid groups (broad SMARTS) is 1. The molecule has 2 aliphatic rings. The number of carboxylic acids is 1. The number of nitrogens with zero attached hydrogens (tertiary/aromatic N) is 1. The first-order chi connectivity index (χ1) is 10.8. The number of benzene rings is 1. The number of rotatable bonds is 2. The molecule has 2 heterocycles. The van der Waals surface area contributed by atoms with E-state index >= 15 is 0 Å². The number of halogens is 2. The zero-order valence-electron chi connectivity index (χ0n) is 11.1. The molecule has 0 aromatic heterocycles. The molecule has 2 N–H and O–H groups in total. The molecular formula is C13H6Cl2N2O4S2. The SMILES string of the molecule is O=C(O)CN1C(=O)C(=C2C(=O)Nc3c(Cl)cc(Cl)cc32)SC1=S. The highest BCUT2D eigenvalue weighted by atomic mass is 35.5. The van der Waals surface area contributed by atoms with Crippen LogP contribution < -0.4 is 5.32 Å². The Labute approximate surface area is 149 Å². The van der Waals surface area contributed by atoms with Crippen molar-refractivity contribution in [3.8, 4) is 0 Å². The zero-order chi connectivity index (χ0) is 16.9. The van der Waals surface area contributed by atoms with Gasteiger partial charge in [-0.25, -0.2) is 0 Å². The van der Waals surface area contributed by atoms with Crippen molar-refractivity contribution < 1.29 is 19.5 Å². The number of carbonyl (C=O) groups is 3. The lowest BCUT2D eigenvalue weighted by Crippen LogP contribution is -2.33. The van der Waals surface area contributed by atoms with Crippen LogP contribution in [0.2, 0.25) is 10.0 Å². The van der Waals surface area contributed by atoms with E-state index in [0.717, 1.165) is 16.7 Å². The van der Waals surface area contributed by atoms with Gasteiger partial charge in [0.1, 0.15) is 10.9 Å². The van der Waals surface area contributed by atoms with Gasteiger partial charge in [0.15, 0.2) is 0 Å². The summed E-state index contributed by atoms with van der Waals surface area (Å²) in [5.74, 6) is -2.34. The normalized spacial score (nSPS) is 20.1. The van der Waals surface area contributed by atoms with Gasteiger partial charge < -0.3 is 10.4 Å². The van der Waals surface area contributed by atoms with Crippen LogP contribution in [0.15, 0.2) is 17.0 Å². The number of nitrogens with one attached hydrogen (secondary N) is 1. The third-order valence-electron chi connectivity index (χ3n) is 3.16. The summed E-state index contributed by atoms with van der Waals surface area (Å²) in [5.41, 5.74) is 0.845. The van der Waals surface area contributed by atoms with Crippen LogP contribution in [0.1, 0.15) is 5.56 Å². The maximum Gasteiger partial charge on any atom is 0.323 e. The summed E-state index contributed by atoms with van der Waals surface area (Å²) >= 11 is 17.9. The third kappa shape index (κ3) is 2.72. The van der Waals surface area contributed by atoms with Gasteiger partial charge in [-0.2, -0.15) is 0 Å². The molecule has 0 bridgehead atoms. The standard InChI is InChI=1S/C13H6Cl2N2O4S2/c14-4-1-5-8(11(20)16-9(5)6(15)2-4)10-12(21)17(3-7(18)19)13(22)23-10/h1-2H,3H2,(H,16,20)(H,18,19). The second kappa shape index (κ2) is 5.79. The summed E-state index contributed by atoms with van der Waals surface area (Å²) in [6.45, 7) is -0.563. The van der Waals surface area contributed by atoms with Crippen LogP contribution in [0.25, 0.3) is 5.57 Å². The van der Waals surface area contributed by atoms with Gasteiger partial charge in [0.25, 0.3) is 11.8 Å². The predicted octanol–water partition coefficient (Wildman–Crippen LogP) is 2.60. The maximum atomic E-state index is 12.4. The lowest BCUT2D eigenvalue weighted by atomic mass is 10.1. The summed E-state index contributed by atoms with van der Waals surface area (Å²) < 4.78 is 0.0780. The Hall–Kier alpha value is -1.61. The van der Waals surface area contributed by atoms with Crippen molar-refractivity contribution in [2.75, 3.05) is 11.9 Å². The van der Waals surface area contributed by atoms with Crippen molar-refractivity contribution in [2.45, 2.75) is 0 Å². The fourth-order valence-corrected chi connectivity index (χ4v) is 4.12. The number of thiocarbonyl (C=S) groups is 1. The molecule has 0 aliphatic carbocycles. The number of carbonyl (C=O) groups excluding carboxylic acids is 2. The van der Waals surface area contributed by atoms with Crippen molar-refractivity contribution in [3.05, 3.63) is 32.6 Å². The largest absolute Gasteiger partial charge is 0.480 e. The quantitative estimate of drug-likeness (QED) is 0.598. The summed E-state index contributed by atoms with van der Waals surface area (Å²) in [4.78, 5) is 36.5. The second-order valence-corrected chi connectivity index (χ2v) is 7.11. The van der Waals surface area contributed by atoms with E-state index in [-0.39, 0.29) is 19.8 Å². The van der Waals surface area contributed by atoms with Crippen LogP contribution in [0, 0.1) is 0 Å². The molecule has 0 unspecified atom stereocenters. The average Bonchev–Trinajstić information content (AvgIpc) is 2.90. The molecule has 1 fully saturated rings. The van der Waals surface area contributed by atoms with E-state index in [1.165, 1.54) is 12.1 Å². The van der Waals surface area contributed by atoms with Gasteiger partial charge in [0.05, 0.1) is 21.2 Å². The lowest BCUT2D eigenvalue weighted by Gasteiger charge is -2.10. The summed E-state index contributed by atoms with van der Waals surface area (Å²) in [6.07, 6.45) is 0. The van der Waals surface area contributed by atoms with Crippen molar-refractivity contribution in [2.24, 2.45) is 0 Å². The fourth-order valence-electron chi connectivity index (χ4n) is 2.24. The first kappa shape index (κ1) is 16.3. The lowest BCUT2D eigenvalue weighted by molar-refractivity contribution is -0.140. The van der Waals surface area contributed by atoms with Gasteiger partial charge in [-0.1, -0.05) is 47.2 Å². The summed E-state index contributed by atoms with van der Waals surface area (Å²) in [7, 11) is 0. The number of thioether (sulfide) groups is 1. The van der Waals surface area contributed by atoms with Crippen molar-refractivity contribution >= 4 is 80.5 Å². The molecule has 2 aliphatic heterocycles. The van der Waals surface area contributed by atoms with Gasteiger partial charge in [-0.15, -0.1) is 0 Å². The van der Waals surface area contributed by atoms with Crippen LogP contribution in [0.4, 0.5) is 5.69 Å². The minimum absolute atomic E-state index is 0.0610. The number of fused-ring (bicyclic) bond motifs is 1. The Morgan fingerprint density at radius 2 is 2.04 bits per heavy atom. The van der Waals surface area contributed by atoms with Crippen LogP contribution in [0.3, 0.4) is 0 Å². The van der Waals surface area contributed by atoms with Gasteiger partial charge in [0.2, 0.25) is 0 Å². The Morgan fingerprint density at radius 1 is 1.35 bits per heavy atom. The molecule has 10 heteroatoms. The third-order valence-corrected chi connectivity index (χ3v) is 5.12. The molecule has 6 nitrogen and oxygen atoms in total. The molecule has 2 amide bonds. The van der Waals surface area contributed by atoms with Crippen LogP contribution >= 0.6 is 47.2 Å². The molecule has 1 saturated heterocycles. The Kier molecular flexibility index (Phi) is 4.09. The number of anilines is 1. The van der Waals surface area contributed by atoms with E-state index in [9.17, 15) is 14.4 Å². The highest BCUT2D eigenvalue weighted by Gasteiger charge is 2.40. The molecule has 1 aromatic carbocycles. The summed E-state index contributed by atoms with van der Waals surface area (Å²) in [6, 6.07) is 2.99. The number of hydrogen-bond donors (Lipinski definition) is 2. The summed E-state index contributed by atoms with van der Waals surface area (Å²) in [5, 5.41) is 12.0. The van der Waals surface area contributed by atoms with E-state index < -0.39 is 24.3 Å². The number of aliphatic carboxylic acids is 1. The molecule has 0 saturated carbocycles. The molecular weight excluding hydrogens is 383 g/mol. The van der Waals surface area contributed by atoms with Crippen LogP contribution in [-0.4, -0.2) is 38.7 Å². The minimum atomic E-state index is -1.20. The van der Waals surface area contributed by atoms with Gasteiger partial charge in [0, 0.05) is 10.6 Å². The smallest absolute Gasteiger partial charge is 0.323 e. The van der Waals surface area contributed by atoms with E-state index in [1.54, 1.807) is 0 Å². The highest BCUT2D eigenvalue weighted by molar-refractivity contribution is 8.26. The molecule has 118 valence electrons. The monoisotopic (exact) mass is 388 g/mol. The van der Waals surface area contributed by atoms with Gasteiger partial charge in [-0.05, 0) is 12.1 Å². The molecule has 3 rings (SSSR count). The van der Waals surface area contributed by atoms with Crippen LogP contribution in [-0.2, 0) is 14.4 Å². The van der Waals surface area contributed by atoms with Crippen molar-refractivity contribution in [3.63, 3.8) is 0 Å². The van der Waals surface area contributed by atoms with E-state index in [4.69, 9.17) is 40.5 Å². The van der Waals surface area contributed by atoms with Gasteiger partial charge >= 0.3 is 5.97 Å². The first-order valence-corrected chi connectivity index (χ1v) is 8.08. The minimum Gasteiger partial charge on any atom is -0.480 e. The molecule has 0 spiro atoms. The van der Waals surface area contributed by atoms with Crippen LogP contribution in [0.5, 0.6) is 0 Å². The van der Waals surface area contributed by atoms with Crippen molar-refractivity contribution in [1.82, 2.24) is 4.90 Å². The van der Waals surface area contributed by atoms with Crippen molar-refractivity contribution in [1.29, 1.82) is 0 Å². The fraction of sp³-hybridized carbons (Fsp3) is 0.0769. The van der Waals surface area contributed by atoms with Gasteiger partial charge in [-0.3, -0.25) is 19.3 Å². The first-order valence-electron chi connectivity index (χ1n) is 6.10. The zero-order valence-corrected chi connectivity index (χ0v) is 14.2. The average molecular weight is 389 g/mol. The Balaban J connectivity index is 2.14. The highest BCUT2D eigenvalue weighted by Crippen LogP contribution is 2.45. The predicted molar refractivity (Wildman–Crippen MR) is 91.5 cm³/mol. The number of amides is 2. The van der Waals surface area contributed by atoms with E-state index in [2.05, 4.69) is 5.32 Å². The molecule has 1 aromatic rings.